The maximum atomic E-state index is 13.4. The molecule has 0 aromatic heterocycles. The van der Waals surface area contributed by atoms with Crippen molar-refractivity contribution in [2.75, 3.05) is 17.5 Å². The van der Waals surface area contributed by atoms with Crippen LogP contribution in [0.4, 0.5) is 5.69 Å². The van der Waals surface area contributed by atoms with Crippen LogP contribution in [0.2, 0.25) is 10.0 Å². The highest BCUT2D eigenvalue weighted by atomic mass is 35.5. The third kappa shape index (κ3) is 7.20. The highest BCUT2D eigenvalue weighted by molar-refractivity contribution is 7.92. The van der Waals surface area contributed by atoms with Gasteiger partial charge in [0.1, 0.15) is 18.4 Å². The maximum Gasteiger partial charge on any atom is 0.264 e. The number of sulfonamides is 1. The third-order valence-corrected chi connectivity index (χ3v) is 6.84. The quantitative estimate of drug-likeness (QED) is 0.322. The van der Waals surface area contributed by atoms with Gasteiger partial charge in [-0.05, 0) is 67.1 Å². The average Bonchev–Trinajstić information content (AvgIpc) is 2.81. The molecule has 3 aromatic carbocycles. The summed E-state index contributed by atoms with van der Waals surface area (Å²) in [4.78, 5) is 12.7. The van der Waals surface area contributed by atoms with Gasteiger partial charge in [-0.1, -0.05) is 40.9 Å². The van der Waals surface area contributed by atoms with Gasteiger partial charge in [0, 0.05) is 10.0 Å². The van der Waals surface area contributed by atoms with Crippen LogP contribution in [-0.4, -0.2) is 33.7 Å². The minimum Gasteiger partial charge on any atom is -0.479 e. The Morgan fingerprint density at radius 2 is 1.71 bits per heavy atom. The lowest BCUT2D eigenvalue weighted by Gasteiger charge is -2.24. The fourth-order valence-corrected chi connectivity index (χ4v) is 4.87. The molecule has 0 bridgehead atoms. The number of ether oxygens (including phenoxy) is 1. The molecule has 0 aliphatic rings. The van der Waals surface area contributed by atoms with Crippen LogP contribution in [-0.2, 0) is 14.8 Å². The zero-order chi connectivity index (χ0) is 25.4. The average molecular weight is 531 g/mol. The van der Waals surface area contributed by atoms with Gasteiger partial charge in [0.15, 0.2) is 6.61 Å². The molecule has 3 rings (SSSR count). The van der Waals surface area contributed by atoms with E-state index in [2.05, 4.69) is 10.5 Å². The summed E-state index contributed by atoms with van der Waals surface area (Å²) in [5.74, 6) is -0.160. The Balaban J connectivity index is 1.79. The molecule has 180 valence electrons. The first-order valence-corrected chi connectivity index (χ1v) is 12.4. The number of nitrogens with one attached hydrogen (secondary N) is 1. The van der Waals surface area contributed by atoms with E-state index in [9.17, 15) is 13.2 Å². The number of aryl methyl sites for hydroxylation is 1. The lowest BCUT2D eigenvalue weighted by atomic mass is 10.2. The highest BCUT2D eigenvalue weighted by Gasteiger charge is 2.27. The van der Waals surface area contributed by atoms with Crippen molar-refractivity contribution in [3.8, 4) is 11.8 Å². The van der Waals surface area contributed by atoms with Crippen molar-refractivity contribution in [2.24, 2.45) is 5.10 Å². The van der Waals surface area contributed by atoms with Gasteiger partial charge in [-0.3, -0.25) is 9.10 Å². The molecule has 0 heterocycles. The van der Waals surface area contributed by atoms with Gasteiger partial charge < -0.3 is 4.74 Å². The van der Waals surface area contributed by atoms with Gasteiger partial charge in [0.25, 0.3) is 15.9 Å². The Morgan fingerprint density at radius 3 is 2.31 bits per heavy atom. The summed E-state index contributed by atoms with van der Waals surface area (Å²) in [6.45, 7) is 1.21. The largest absolute Gasteiger partial charge is 0.479 e. The Bertz CT molecular complexity index is 1350. The number of halogens is 2. The summed E-state index contributed by atoms with van der Waals surface area (Å²) in [6, 6.07) is 19.1. The number of amides is 1. The summed E-state index contributed by atoms with van der Waals surface area (Å²) in [7, 11) is -4.12. The van der Waals surface area contributed by atoms with E-state index < -0.39 is 22.5 Å². The molecule has 0 aliphatic heterocycles. The van der Waals surface area contributed by atoms with E-state index >= 15 is 0 Å². The second-order valence-corrected chi connectivity index (χ2v) is 10.00. The molecule has 0 saturated heterocycles. The molecule has 0 unspecified atom stereocenters. The molecule has 1 amide bonds. The number of nitriles is 1. The van der Waals surface area contributed by atoms with Crippen molar-refractivity contribution < 1.29 is 17.9 Å². The fourth-order valence-electron chi connectivity index (χ4n) is 2.95. The van der Waals surface area contributed by atoms with Gasteiger partial charge in [0.05, 0.1) is 16.8 Å². The van der Waals surface area contributed by atoms with Crippen LogP contribution in [0.3, 0.4) is 0 Å². The van der Waals surface area contributed by atoms with Gasteiger partial charge in [-0.15, -0.1) is 0 Å². The standard InChI is InChI=1S/C24H20Cl2N4O4S/c1-17-2-8-23(9-3-17)35(32,33)30(21-13-19(25)12-20(26)14-21)16-24(31)29-28-15-18-4-6-22(7-5-18)34-11-10-27/h2-9,12-15H,11,16H2,1H3,(H,29,31)/b28-15-. The fraction of sp³-hybridized carbons (Fsp3) is 0.125. The minimum atomic E-state index is -4.12. The first kappa shape index (κ1) is 26.0. The van der Waals surface area contributed by atoms with Crippen molar-refractivity contribution in [1.29, 1.82) is 5.26 Å². The predicted molar refractivity (Wildman–Crippen MR) is 135 cm³/mol. The second-order valence-electron chi connectivity index (χ2n) is 7.26. The Kier molecular flexibility index (Phi) is 8.71. The Hall–Kier alpha value is -3.58. The molecule has 0 aliphatic carbocycles. The summed E-state index contributed by atoms with van der Waals surface area (Å²) in [5.41, 5.74) is 4.00. The molecule has 8 nitrogen and oxygen atoms in total. The monoisotopic (exact) mass is 530 g/mol. The highest BCUT2D eigenvalue weighted by Crippen LogP contribution is 2.29. The SMILES string of the molecule is Cc1ccc(S(=O)(=O)N(CC(=O)N/N=C\c2ccc(OCC#N)cc2)c2cc(Cl)cc(Cl)c2)cc1. The number of benzene rings is 3. The molecular formula is C24H20Cl2N4O4S. The summed E-state index contributed by atoms with van der Waals surface area (Å²) in [6.07, 6.45) is 1.39. The zero-order valence-corrected chi connectivity index (χ0v) is 20.8. The third-order valence-electron chi connectivity index (χ3n) is 4.62. The number of hydrogen-bond acceptors (Lipinski definition) is 6. The van der Waals surface area contributed by atoms with Crippen molar-refractivity contribution in [3.63, 3.8) is 0 Å². The summed E-state index contributed by atoms with van der Waals surface area (Å²) in [5, 5.41) is 12.9. The van der Waals surface area contributed by atoms with E-state index in [0.29, 0.717) is 11.3 Å². The Labute approximate surface area is 213 Å². The van der Waals surface area contributed by atoms with Crippen LogP contribution in [0, 0.1) is 18.3 Å². The van der Waals surface area contributed by atoms with Crippen LogP contribution < -0.4 is 14.5 Å². The van der Waals surface area contributed by atoms with E-state index in [1.807, 2.05) is 13.0 Å². The van der Waals surface area contributed by atoms with Gasteiger partial charge >= 0.3 is 0 Å². The van der Waals surface area contributed by atoms with Crippen LogP contribution in [0.25, 0.3) is 0 Å². The number of nitrogens with zero attached hydrogens (tertiary/aromatic N) is 3. The maximum absolute atomic E-state index is 13.4. The smallest absolute Gasteiger partial charge is 0.264 e. The first-order chi connectivity index (χ1) is 16.7. The minimum absolute atomic E-state index is 0.00852. The normalized spacial score (nSPS) is 11.1. The molecule has 1 N–H and O–H groups in total. The summed E-state index contributed by atoms with van der Waals surface area (Å²) >= 11 is 12.2. The molecule has 3 aromatic rings. The molecule has 0 radical (unpaired) electrons. The van der Waals surface area contributed by atoms with Crippen molar-refractivity contribution in [3.05, 3.63) is 87.9 Å². The lowest BCUT2D eigenvalue weighted by Crippen LogP contribution is -2.39. The van der Waals surface area contributed by atoms with Crippen LogP contribution >= 0.6 is 23.2 Å². The van der Waals surface area contributed by atoms with E-state index in [4.69, 9.17) is 33.2 Å². The molecule has 0 atom stereocenters. The molecule has 0 fully saturated rings. The van der Waals surface area contributed by atoms with Crippen LogP contribution in [0.1, 0.15) is 11.1 Å². The molecular weight excluding hydrogens is 511 g/mol. The van der Waals surface area contributed by atoms with Gasteiger partial charge in [-0.2, -0.15) is 10.4 Å². The number of carbonyl (C=O) groups excluding carboxylic acids is 1. The zero-order valence-electron chi connectivity index (χ0n) is 18.5. The van der Waals surface area contributed by atoms with Crippen molar-refractivity contribution in [2.45, 2.75) is 11.8 Å². The lowest BCUT2D eigenvalue weighted by molar-refractivity contribution is -0.119. The summed E-state index contributed by atoms with van der Waals surface area (Å²) < 4.78 is 32.9. The van der Waals surface area contributed by atoms with E-state index in [0.717, 1.165) is 9.87 Å². The molecule has 0 saturated carbocycles. The Morgan fingerprint density at radius 1 is 1.09 bits per heavy atom. The number of hydrogen-bond donors (Lipinski definition) is 1. The molecule has 11 heteroatoms. The van der Waals surface area contributed by atoms with E-state index in [1.54, 1.807) is 36.4 Å². The molecule has 35 heavy (non-hydrogen) atoms. The topological polar surface area (TPSA) is 112 Å². The molecule has 0 spiro atoms. The van der Waals surface area contributed by atoms with Crippen molar-refractivity contribution >= 4 is 51.0 Å². The number of carbonyl (C=O) groups is 1. The van der Waals surface area contributed by atoms with Gasteiger partial charge in [0.2, 0.25) is 0 Å². The number of anilines is 1. The predicted octanol–water partition coefficient (Wildman–Crippen LogP) is 4.55. The van der Waals surface area contributed by atoms with E-state index in [1.165, 1.54) is 36.5 Å². The number of hydrazone groups is 1. The van der Waals surface area contributed by atoms with Crippen LogP contribution in [0.5, 0.6) is 5.75 Å². The first-order valence-electron chi connectivity index (χ1n) is 10.2. The van der Waals surface area contributed by atoms with Crippen molar-refractivity contribution in [1.82, 2.24) is 5.43 Å². The van der Waals surface area contributed by atoms with E-state index in [-0.39, 0.29) is 27.2 Å². The van der Waals surface area contributed by atoms with Gasteiger partial charge in [-0.25, -0.2) is 13.8 Å². The number of rotatable bonds is 9. The second kappa shape index (κ2) is 11.7. The van der Waals surface area contributed by atoms with Crippen LogP contribution in [0.15, 0.2) is 76.7 Å².